The second-order valence-electron chi connectivity index (χ2n) is 4.04. The minimum atomic E-state index is -0.889. The first kappa shape index (κ1) is 15.7. The third-order valence-corrected chi connectivity index (χ3v) is 2.62. The van der Waals surface area contributed by atoms with E-state index in [1.54, 1.807) is 13.8 Å². The molecular weight excluding hydrogens is 296 g/mol. The van der Waals surface area contributed by atoms with Crippen molar-refractivity contribution in [2.24, 2.45) is 0 Å². The number of halogens is 3. The van der Waals surface area contributed by atoms with Gasteiger partial charge in [0.05, 0.1) is 15.6 Å². The van der Waals surface area contributed by atoms with Gasteiger partial charge in [-0.2, -0.15) is 0 Å². The molecule has 0 atom stereocenters. The summed E-state index contributed by atoms with van der Waals surface area (Å²) in [6, 6.07) is 1.90. The molecule has 0 heterocycles. The first-order valence-electron chi connectivity index (χ1n) is 5.42. The number of hydrogen-bond donors (Lipinski definition) is 1. The summed E-state index contributed by atoms with van der Waals surface area (Å²) in [5.41, 5.74) is -0.180. The van der Waals surface area contributed by atoms with Crippen LogP contribution in [0.15, 0.2) is 12.1 Å². The van der Waals surface area contributed by atoms with Crippen molar-refractivity contribution >= 4 is 35.1 Å². The van der Waals surface area contributed by atoms with Crippen LogP contribution in [0.1, 0.15) is 24.2 Å². The predicted octanol–water partition coefficient (Wildman–Crippen LogP) is 2.81. The number of benzene rings is 1. The fourth-order valence-corrected chi connectivity index (χ4v) is 1.71. The lowest BCUT2D eigenvalue weighted by molar-refractivity contribution is -0.124. The van der Waals surface area contributed by atoms with Crippen LogP contribution in [0, 0.1) is 5.82 Å². The summed E-state index contributed by atoms with van der Waals surface area (Å²) in [5.74, 6) is -2.13. The lowest BCUT2D eigenvalue weighted by Gasteiger charge is -2.09. The fourth-order valence-electron chi connectivity index (χ4n) is 1.25. The molecule has 7 heteroatoms. The molecule has 0 unspecified atom stereocenters. The summed E-state index contributed by atoms with van der Waals surface area (Å²) in [6.45, 7) is 3.08. The van der Waals surface area contributed by atoms with Gasteiger partial charge in [-0.1, -0.05) is 23.2 Å². The molecule has 0 aliphatic rings. The van der Waals surface area contributed by atoms with E-state index in [0.717, 1.165) is 12.1 Å². The van der Waals surface area contributed by atoms with E-state index < -0.39 is 24.3 Å². The van der Waals surface area contributed by atoms with Crippen molar-refractivity contribution in [3.05, 3.63) is 33.6 Å². The van der Waals surface area contributed by atoms with Gasteiger partial charge in [-0.3, -0.25) is 4.79 Å². The van der Waals surface area contributed by atoms with Crippen molar-refractivity contribution in [3.8, 4) is 0 Å². The van der Waals surface area contributed by atoms with Gasteiger partial charge in [-0.25, -0.2) is 9.18 Å². The normalized spacial score (nSPS) is 10.4. The van der Waals surface area contributed by atoms with Crippen molar-refractivity contribution in [3.63, 3.8) is 0 Å². The highest BCUT2D eigenvalue weighted by atomic mass is 35.5. The first-order chi connectivity index (χ1) is 8.81. The Balaban J connectivity index is 2.69. The molecule has 1 rings (SSSR count). The third kappa shape index (κ3) is 4.69. The maximum Gasteiger partial charge on any atom is 0.340 e. The first-order valence-corrected chi connectivity index (χ1v) is 6.18. The van der Waals surface area contributed by atoms with E-state index in [9.17, 15) is 14.0 Å². The highest BCUT2D eigenvalue weighted by molar-refractivity contribution is 6.36. The Hall–Kier alpha value is -1.33. The number of carbonyl (C=O) groups is 2. The van der Waals surface area contributed by atoms with Gasteiger partial charge in [0.1, 0.15) is 5.82 Å². The second kappa shape index (κ2) is 6.73. The van der Waals surface area contributed by atoms with E-state index >= 15 is 0 Å². The van der Waals surface area contributed by atoms with Gasteiger partial charge >= 0.3 is 5.97 Å². The zero-order valence-corrected chi connectivity index (χ0v) is 11.8. The van der Waals surface area contributed by atoms with Gasteiger partial charge < -0.3 is 10.1 Å². The smallest absolute Gasteiger partial charge is 0.340 e. The SMILES string of the molecule is CC(C)NC(=O)COC(=O)c1cc(F)c(Cl)cc1Cl. The Morgan fingerprint density at radius 1 is 1.32 bits per heavy atom. The molecule has 0 aromatic heterocycles. The van der Waals surface area contributed by atoms with Crippen LogP contribution >= 0.6 is 23.2 Å². The third-order valence-electron chi connectivity index (χ3n) is 2.01. The average molecular weight is 308 g/mol. The predicted molar refractivity (Wildman–Crippen MR) is 70.0 cm³/mol. The molecule has 0 bridgehead atoms. The van der Waals surface area contributed by atoms with Gasteiger partial charge in [0.25, 0.3) is 5.91 Å². The molecular formula is C12H12Cl2FNO3. The molecule has 0 radical (unpaired) electrons. The second-order valence-corrected chi connectivity index (χ2v) is 4.86. The largest absolute Gasteiger partial charge is 0.452 e. The maximum absolute atomic E-state index is 13.2. The Morgan fingerprint density at radius 2 is 1.95 bits per heavy atom. The van der Waals surface area contributed by atoms with Crippen LogP contribution in [0.4, 0.5) is 4.39 Å². The molecule has 4 nitrogen and oxygen atoms in total. The van der Waals surface area contributed by atoms with Crippen LogP contribution in [0.2, 0.25) is 10.0 Å². The van der Waals surface area contributed by atoms with Gasteiger partial charge in [0.15, 0.2) is 6.61 Å². The van der Waals surface area contributed by atoms with E-state index in [1.165, 1.54) is 0 Å². The summed E-state index contributed by atoms with van der Waals surface area (Å²) < 4.78 is 17.9. The highest BCUT2D eigenvalue weighted by Crippen LogP contribution is 2.24. The average Bonchev–Trinajstić information content (AvgIpc) is 2.30. The number of carbonyl (C=O) groups excluding carboxylic acids is 2. The Bertz CT molecular complexity index is 506. The molecule has 0 saturated carbocycles. The highest BCUT2D eigenvalue weighted by Gasteiger charge is 2.16. The molecule has 1 aromatic rings. The zero-order valence-electron chi connectivity index (χ0n) is 10.3. The van der Waals surface area contributed by atoms with Gasteiger partial charge in [-0.05, 0) is 26.0 Å². The fraction of sp³-hybridized carbons (Fsp3) is 0.333. The van der Waals surface area contributed by atoms with Crippen LogP contribution < -0.4 is 5.32 Å². The molecule has 1 amide bonds. The minimum absolute atomic E-state index is 0.0410. The van der Waals surface area contributed by atoms with Gasteiger partial charge in [0, 0.05) is 6.04 Å². The van der Waals surface area contributed by atoms with E-state index in [1.807, 2.05) is 0 Å². The molecule has 0 spiro atoms. The summed E-state index contributed by atoms with van der Waals surface area (Å²) in [7, 11) is 0. The lowest BCUT2D eigenvalue weighted by atomic mass is 10.2. The quantitative estimate of drug-likeness (QED) is 0.687. The van der Waals surface area contributed by atoms with Crippen LogP contribution in [-0.4, -0.2) is 24.5 Å². The van der Waals surface area contributed by atoms with Crippen molar-refractivity contribution in [1.29, 1.82) is 0 Å². The van der Waals surface area contributed by atoms with E-state index in [4.69, 9.17) is 27.9 Å². The number of rotatable bonds is 4. The number of amides is 1. The molecule has 0 fully saturated rings. The molecule has 19 heavy (non-hydrogen) atoms. The number of ether oxygens (including phenoxy) is 1. The summed E-state index contributed by atoms with van der Waals surface area (Å²) in [5, 5.41) is 2.30. The van der Waals surface area contributed by atoms with Crippen molar-refractivity contribution in [2.45, 2.75) is 19.9 Å². The molecule has 0 aliphatic heterocycles. The van der Waals surface area contributed by atoms with Gasteiger partial charge in [0.2, 0.25) is 0 Å². The molecule has 0 aliphatic carbocycles. The van der Waals surface area contributed by atoms with Crippen LogP contribution in [0.3, 0.4) is 0 Å². The Morgan fingerprint density at radius 3 is 2.53 bits per heavy atom. The van der Waals surface area contributed by atoms with E-state index in [-0.39, 0.29) is 21.7 Å². The van der Waals surface area contributed by atoms with E-state index in [2.05, 4.69) is 5.32 Å². The monoisotopic (exact) mass is 307 g/mol. The molecule has 0 saturated heterocycles. The van der Waals surface area contributed by atoms with Crippen LogP contribution in [-0.2, 0) is 9.53 Å². The van der Waals surface area contributed by atoms with Gasteiger partial charge in [-0.15, -0.1) is 0 Å². The summed E-state index contributed by atoms with van der Waals surface area (Å²) in [4.78, 5) is 22.9. The topological polar surface area (TPSA) is 55.4 Å². The Kier molecular flexibility index (Phi) is 5.57. The number of esters is 1. The number of nitrogens with one attached hydrogen (secondary N) is 1. The molecule has 1 aromatic carbocycles. The van der Waals surface area contributed by atoms with Crippen LogP contribution in [0.25, 0.3) is 0 Å². The maximum atomic E-state index is 13.2. The van der Waals surface area contributed by atoms with E-state index in [0.29, 0.717) is 0 Å². The summed E-state index contributed by atoms with van der Waals surface area (Å²) >= 11 is 11.2. The summed E-state index contributed by atoms with van der Waals surface area (Å²) in [6.07, 6.45) is 0. The molecule has 1 N–H and O–H groups in total. The molecule has 104 valence electrons. The van der Waals surface area contributed by atoms with Crippen molar-refractivity contribution in [1.82, 2.24) is 5.32 Å². The van der Waals surface area contributed by atoms with Crippen LogP contribution in [0.5, 0.6) is 0 Å². The Labute approximate surface area is 119 Å². The standard InChI is InChI=1S/C12H12Cl2FNO3/c1-6(2)16-11(17)5-19-12(18)7-3-10(15)9(14)4-8(7)13/h3-4,6H,5H2,1-2H3,(H,16,17). The van der Waals surface area contributed by atoms with Crippen molar-refractivity contribution < 1.29 is 18.7 Å². The number of hydrogen-bond acceptors (Lipinski definition) is 3. The zero-order chi connectivity index (χ0) is 14.6. The lowest BCUT2D eigenvalue weighted by Crippen LogP contribution is -2.34. The minimum Gasteiger partial charge on any atom is -0.452 e. The van der Waals surface area contributed by atoms with Crippen molar-refractivity contribution in [2.75, 3.05) is 6.61 Å².